The molecule has 1 heterocycles. The van der Waals surface area contributed by atoms with Crippen LogP contribution in [-0.4, -0.2) is 21.9 Å². The molecule has 4 nitrogen and oxygen atoms in total. The predicted molar refractivity (Wildman–Crippen MR) is 104 cm³/mol. The average Bonchev–Trinajstić information content (AvgIpc) is 2.60. The fourth-order valence-corrected chi connectivity index (χ4v) is 3.63. The van der Waals surface area contributed by atoms with Crippen molar-refractivity contribution in [1.82, 2.24) is 9.55 Å². The summed E-state index contributed by atoms with van der Waals surface area (Å²) in [6.07, 6.45) is 0. The number of nitrogens with zero attached hydrogens (tertiary/aromatic N) is 2. The number of rotatable bonds is 6. The fraction of sp³-hybridized carbons (Fsp3) is 0.300. The summed E-state index contributed by atoms with van der Waals surface area (Å²) < 4.78 is 7.61. The molecule has 0 fully saturated rings. The number of ether oxygens (including phenoxy) is 1. The van der Waals surface area contributed by atoms with Gasteiger partial charge in [0.2, 0.25) is 0 Å². The summed E-state index contributed by atoms with van der Waals surface area (Å²) in [6.45, 7) is 6.61. The van der Waals surface area contributed by atoms with Gasteiger partial charge in [-0.3, -0.25) is 9.36 Å². The van der Waals surface area contributed by atoms with E-state index in [4.69, 9.17) is 4.74 Å². The third kappa shape index (κ3) is 3.87. The molecule has 0 aliphatic rings. The van der Waals surface area contributed by atoms with E-state index in [1.54, 1.807) is 16.3 Å². The highest BCUT2D eigenvalue weighted by molar-refractivity contribution is 7.99. The number of hydrogen-bond donors (Lipinski definition) is 0. The quantitative estimate of drug-likeness (QED) is 0.372. The molecule has 25 heavy (non-hydrogen) atoms. The van der Waals surface area contributed by atoms with Gasteiger partial charge in [-0.15, -0.1) is 0 Å². The lowest BCUT2D eigenvalue weighted by molar-refractivity contribution is 0.341. The zero-order chi connectivity index (χ0) is 17.8. The van der Waals surface area contributed by atoms with Crippen molar-refractivity contribution >= 4 is 22.7 Å². The van der Waals surface area contributed by atoms with E-state index in [9.17, 15) is 4.79 Å². The molecule has 0 saturated heterocycles. The minimum Gasteiger partial charge on any atom is -0.492 e. The molecule has 0 aliphatic heterocycles. The van der Waals surface area contributed by atoms with Crippen LogP contribution < -0.4 is 10.3 Å². The minimum absolute atomic E-state index is 0.0166. The molecule has 0 amide bonds. The molecule has 0 aliphatic carbocycles. The summed E-state index contributed by atoms with van der Waals surface area (Å²) in [5.41, 5.74) is 1.88. The topological polar surface area (TPSA) is 44.1 Å². The van der Waals surface area contributed by atoms with E-state index >= 15 is 0 Å². The van der Waals surface area contributed by atoms with Crippen LogP contribution in [0.25, 0.3) is 10.9 Å². The van der Waals surface area contributed by atoms with Gasteiger partial charge in [-0.05, 0) is 44.5 Å². The van der Waals surface area contributed by atoms with E-state index in [1.807, 2.05) is 69.3 Å². The highest BCUT2D eigenvalue weighted by Gasteiger charge is 2.13. The Morgan fingerprint density at radius 3 is 2.60 bits per heavy atom. The van der Waals surface area contributed by atoms with E-state index < -0.39 is 0 Å². The first-order valence-electron chi connectivity index (χ1n) is 8.40. The lowest BCUT2D eigenvalue weighted by Gasteiger charge is -2.16. The van der Waals surface area contributed by atoms with Crippen molar-refractivity contribution in [2.45, 2.75) is 32.0 Å². The maximum atomic E-state index is 12.8. The first kappa shape index (κ1) is 17.5. The number of fused-ring (bicyclic) bond motifs is 1. The van der Waals surface area contributed by atoms with Crippen molar-refractivity contribution in [1.29, 1.82) is 0 Å². The number of aromatic nitrogens is 2. The van der Waals surface area contributed by atoms with Crippen LogP contribution in [0.4, 0.5) is 0 Å². The van der Waals surface area contributed by atoms with Crippen LogP contribution in [0.5, 0.6) is 5.75 Å². The Balaban J connectivity index is 1.78. The van der Waals surface area contributed by atoms with Gasteiger partial charge in [0, 0.05) is 11.8 Å². The largest absolute Gasteiger partial charge is 0.492 e. The number of aryl methyl sites for hydroxylation is 1. The second-order valence-corrected chi connectivity index (χ2v) is 7.20. The number of para-hydroxylation sites is 2. The van der Waals surface area contributed by atoms with Gasteiger partial charge in [0.25, 0.3) is 5.56 Å². The maximum absolute atomic E-state index is 12.8. The van der Waals surface area contributed by atoms with E-state index in [0.717, 1.165) is 27.7 Å². The summed E-state index contributed by atoms with van der Waals surface area (Å²) in [7, 11) is 0. The van der Waals surface area contributed by atoms with Gasteiger partial charge < -0.3 is 4.74 Å². The van der Waals surface area contributed by atoms with Gasteiger partial charge in [-0.25, -0.2) is 4.98 Å². The Labute approximate surface area is 151 Å². The molecule has 130 valence electrons. The average molecular weight is 354 g/mol. The zero-order valence-electron chi connectivity index (χ0n) is 14.7. The molecule has 1 aromatic heterocycles. The summed E-state index contributed by atoms with van der Waals surface area (Å²) in [5.74, 6) is 1.63. The van der Waals surface area contributed by atoms with Crippen LogP contribution in [0.15, 0.2) is 58.5 Å². The first-order valence-corrected chi connectivity index (χ1v) is 9.39. The highest BCUT2D eigenvalue weighted by Crippen LogP contribution is 2.22. The molecule has 0 atom stereocenters. The maximum Gasteiger partial charge on any atom is 0.262 e. The van der Waals surface area contributed by atoms with Crippen molar-refractivity contribution in [2.24, 2.45) is 0 Å². The molecule has 3 aromatic rings. The summed E-state index contributed by atoms with van der Waals surface area (Å²) in [6, 6.07) is 15.5. The first-order chi connectivity index (χ1) is 12.1. The van der Waals surface area contributed by atoms with Gasteiger partial charge in [-0.1, -0.05) is 42.1 Å². The summed E-state index contributed by atoms with van der Waals surface area (Å²) >= 11 is 1.56. The van der Waals surface area contributed by atoms with Crippen LogP contribution in [0.1, 0.15) is 25.5 Å². The smallest absolute Gasteiger partial charge is 0.262 e. The zero-order valence-corrected chi connectivity index (χ0v) is 15.5. The van der Waals surface area contributed by atoms with E-state index in [-0.39, 0.29) is 11.6 Å². The number of thioether (sulfide) groups is 1. The monoisotopic (exact) mass is 354 g/mol. The summed E-state index contributed by atoms with van der Waals surface area (Å²) in [4.78, 5) is 17.5. The van der Waals surface area contributed by atoms with Crippen molar-refractivity contribution in [3.8, 4) is 5.75 Å². The lowest BCUT2D eigenvalue weighted by atomic mass is 10.2. The molecule has 3 rings (SSSR count). The van der Waals surface area contributed by atoms with E-state index in [2.05, 4.69) is 4.98 Å². The summed E-state index contributed by atoms with van der Waals surface area (Å²) in [5, 5.41) is 1.41. The molecular formula is C20H22N2O2S. The van der Waals surface area contributed by atoms with Crippen LogP contribution in [0.3, 0.4) is 0 Å². The van der Waals surface area contributed by atoms with Crippen molar-refractivity contribution in [3.05, 3.63) is 64.4 Å². The molecule has 0 unspecified atom stereocenters. The molecule has 0 radical (unpaired) electrons. The van der Waals surface area contributed by atoms with Crippen LogP contribution in [0, 0.1) is 6.92 Å². The fourth-order valence-electron chi connectivity index (χ4n) is 2.69. The van der Waals surface area contributed by atoms with Gasteiger partial charge in [-0.2, -0.15) is 0 Å². The van der Waals surface area contributed by atoms with Crippen molar-refractivity contribution < 1.29 is 4.74 Å². The molecular weight excluding hydrogens is 332 g/mol. The second-order valence-electron chi connectivity index (χ2n) is 6.14. The van der Waals surface area contributed by atoms with E-state index in [1.165, 1.54) is 0 Å². The van der Waals surface area contributed by atoms with Crippen LogP contribution in [0.2, 0.25) is 0 Å². The third-order valence-corrected chi connectivity index (χ3v) is 4.87. The Hall–Kier alpha value is -2.27. The molecule has 0 saturated carbocycles. The van der Waals surface area contributed by atoms with Crippen molar-refractivity contribution in [3.63, 3.8) is 0 Å². The Morgan fingerprint density at radius 2 is 1.84 bits per heavy atom. The third-order valence-electron chi connectivity index (χ3n) is 3.96. The van der Waals surface area contributed by atoms with Gasteiger partial charge >= 0.3 is 0 Å². The molecule has 0 bridgehead atoms. The van der Waals surface area contributed by atoms with Crippen LogP contribution in [-0.2, 0) is 0 Å². The number of benzene rings is 2. The highest BCUT2D eigenvalue weighted by atomic mass is 32.2. The minimum atomic E-state index is 0.0166. The van der Waals surface area contributed by atoms with Crippen LogP contribution >= 0.6 is 11.8 Å². The molecule has 2 aromatic carbocycles. The van der Waals surface area contributed by atoms with Gasteiger partial charge in [0.1, 0.15) is 5.75 Å². The predicted octanol–water partition coefficient (Wildman–Crippen LogP) is 4.46. The lowest BCUT2D eigenvalue weighted by Crippen LogP contribution is -2.25. The SMILES string of the molecule is Cc1ccccc1OCCSc1nc2ccccc2c(=O)n1C(C)C. The Kier molecular flexibility index (Phi) is 5.43. The molecule has 0 N–H and O–H groups in total. The Morgan fingerprint density at radius 1 is 1.12 bits per heavy atom. The van der Waals surface area contributed by atoms with Crippen molar-refractivity contribution in [2.75, 3.05) is 12.4 Å². The molecule has 5 heteroatoms. The van der Waals surface area contributed by atoms with E-state index in [0.29, 0.717) is 12.0 Å². The van der Waals surface area contributed by atoms with Gasteiger partial charge in [0.15, 0.2) is 5.16 Å². The van der Waals surface area contributed by atoms with Gasteiger partial charge in [0.05, 0.1) is 17.5 Å². The Bertz CT molecular complexity index is 934. The second kappa shape index (κ2) is 7.74. The number of hydrogen-bond acceptors (Lipinski definition) is 4. The standard InChI is InChI=1S/C20H22N2O2S/c1-14(2)22-19(23)16-9-5-6-10-17(16)21-20(22)25-13-12-24-18-11-7-4-8-15(18)3/h4-11,14H,12-13H2,1-3H3. The normalized spacial score (nSPS) is 11.2. The molecule has 0 spiro atoms.